The molecule has 6 nitrogen and oxygen atoms in total. The molecule has 4 rings (SSSR count). The molecule has 136 valence electrons. The molecule has 1 N–H and O–H groups in total. The molecule has 0 unspecified atom stereocenters. The number of aromatic nitrogens is 2. The number of carbonyl (C=O) groups is 1. The highest BCUT2D eigenvalue weighted by Gasteiger charge is 2.16. The molecule has 0 saturated heterocycles. The minimum absolute atomic E-state index is 0.279. The quantitative estimate of drug-likeness (QED) is 0.565. The number of carbonyl (C=O) groups excluding carboxylic acids is 1. The molecule has 0 bridgehead atoms. The lowest BCUT2D eigenvalue weighted by molar-refractivity contribution is 0.102. The molecular weight excluding hydrogens is 342 g/mol. The fourth-order valence-electron chi connectivity index (χ4n) is 2.85. The first-order valence-corrected chi connectivity index (χ1v) is 8.58. The molecule has 0 spiro atoms. The van der Waals surface area contributed by atoms with Gasteiger partial charge in [0.1, 0.15) is 22.8 Å². The lowest BCUT2D eigenvalue weighted by Gasteiger charge is -2.09. The Kier molecular flexibility index (Phi) is 4.16. The van der Waals surface area contributed by atoms with Gasteiger partial charge in [0.2, 0.25) is 0 Å². The Morgan fingerprint density at radius 1 is 1.11 bits per heavy atom. The van der Waals surface area contributed by atoms with Crippen LogP contribution in [0.15, 0.2) is 59.1 Å². The largest absolute Gasteiger partial charge is 0.461 e. The number of furan rings is 1. The third-order valence-corrected chi connectivity index (χ3v) is 4.19. The summed E-state index contributed by atoms with van der Waals surface area (Å²) in [5.41, 5.74) is 2.18. The average molecular weight is 361 g/mol. The number of anilines is 1. The summed E-state index contributed by atoms with van der Waals surface area (Å²) in [6, 6.07) is 14.8. The highest BCUT2D eigenvalue weighted by molar-refractivity contribution is 6.06. The van der Waals surface area contributed by atoms with Crippen molar-refractivity contribution in [1.82, 2.24) is 9.78 Å². The van der Waals surface area contributed by atoms with Crippen molar-refractivity contribution in [3.8, 4) is 11.5 Å². The molecule has 2 aromatic carbocycles. The van der Waals surface area contributed by atoms with Crippen LogP contribution in [0.3, 0.4) is 0 Å². The van der Waals surface area contributed by atoms with Crippen LogP contribution in [-0.4, -0.2) is 15.7 Å². The fourth-order valence-corrected chi connectivity index (χ4v) is 2.85. The molecule has 0 aliphatic heterocycles. The molecule has 0 radical (unpaired) electrons. The topological polar surface area (TPSA) is 69.3 Å². The standard InChI is InChI=1S/C21H19N3O3/c1-13-4-6-16(7-5-13)27-19-12-15(11-18-17(19)10-14(2)26-18)21(25)22-20-8-9-24(3)23-20/h4-12H,1-3H3,(H,22,23,25). The first-order chi connectivity index (χ1) is 13.0. The predicted molar refractivity (Wildman–Crippen MR) is 103 cm³/mol. The fraction of sp³-hybridized carbons (Fsp3) is 0.143. The van der Waals surface area contributed by atoms with Gasteiger partial charge in [0, 0.05) is 24.9 Å². The summed E-state index contributed by atoms with van der Waals surface area (Å²) in [7, 11) is 1.79. The van der Waals surface area contributed by atoms with Gasteiger partial charge in [-0.1, -0.05) is 17.7 Å². The van der Waals surface area contributed by atoms with E-state index in [4.69, 9.17) is 9.15 Å². The summed E-state index contributed by atoms with van der Waals surface area (Å²) in [4.78, 5) is 12.7. The second-order valence-electron chi connectivity index (χ2n) is 6.49. The first-order valence-electron chi connectivity index (χ1n) is 8.58. The number of nitrogens with zero attached hydrogens (tertiary/aromatic N) is 2. The molecule has 2 heterocycles. The van der Waals surface area contributed by atoms with E-state index < -0.39 is 0 Å². The summed E-state index contributed by atoms with van der Waals surface area (Å²) < 4.78 is 13.4. The number of aryl methyl sites for hydroxylation is 3. The molecule has 2 aromatic heterocycles. The normalized spacial score (nSPS) is 10.9. The zero-order valence-corrected chi connectivity index (χ0v) is 15.3. The van der Waals surface area contributed by atoms with Crippen LogP contribution in [0.4, 0.5) is 5.82 Å². The van der Waals surface area contributed by atoms with Crippen molar-refractivity contribution in [3.63, 3.8) is 0 Å². The third kappa shape index (κ3) is 3.55. The van der Waals surface area contributed by atoms with E-state index in [9.17, 15) is 4.79 Å². The van der Waals surface area contributed by atoms with Gasteiger partial charge in [0.15, 0.2) is 5.82 Å². The second-order valence-corrected chi connectivity index (χ2v) is 6.49. The van der Waals surface area contributed by atoms with E-state index in [1.807, 2.05) is 44.2 Å². The Bertz CT molecular complexity index is 1120. The number of hydrogen-bond donors (Lipinski definition) is 1. The van der Waals surface area contributed by atoms with Crippen LogP contribution in [-0.2, 0) is 7.05 Å². The molecule has 0 fully saturated rings. The van der Waals surface area contributed by atoms with Gasteiger partial charge in [-0.05, 0) is 44.2 Å². The van der Waals surface area contributed by atoms with E-state index in [1.165, 1.54) is 0 Å². The lowest BCUT2D eigenvalue weighted by atomic mass is 10.1. The molecule has 4 aromatic rings. The van der Waals surface area contributed by atoms with Crippen LogP contribution >= 0.6 is 0 Å². The van der Waals surface area contributed by atoms with E-state index in [0.717, 1.165) is 16.7 Å². The predicted octanol–water partition coefficient (Wildman–Crippen LogP) is 4.83. The van der Waals surface area contributed by atoms with Crippen LogP contribution in [0.1, 0.15) is 21.7 Å². The second kappa shape index (κ2) is 6.64. The van der Waals surface area contributed by atoms with Gasteiger partial charge in [-0.3, -0.25) is 9.48 Å². The van der Waals surface area contributed by atoms with Crippen LogP contribution in [0.5, 0.6) is 11.5 Å². The van der Waals surface area contributed by atoms with Crippen molar-refractivity contribution in [2.45, 2.75) is 13.8 Å². The first kappa shape index (κ1) is 16.9. The van der Waals surface area contributed by atoms with E-state index in [1.54, 1.807) is 36.1 Å². The van der Waals surface area contributed by atoms with Crippen LogP contribution < -0.4 is 10.1 Å². The Labute approximate surface area is 156 Å². The molecule has 6 heteroatoms. The Morgan fingerprint density at radius 3 is 2.59 bits per heavy atom. The Morgan fingerprint density at radius 2 is 1.89 bits per heavy atom. The van der Waals surface area contributed by atoms with Gasteiger partial charge in [-0.2, -0.15) is 5.10 Å². The van der Waals surface area contributed by atoms with Crippen LogP contribution in [0.2, 0.25) is 0 Å². The summed E-state index contributed by atoms with van der Waals surface area (Å²) >= 11 is 0. The summed E-state index contributed by atoms with van der Waals surface area (Å²) in [6.07, 6.45) is 1.76. The van der Waals surface area contributed by atoms with Gasteiger partial charge in [0.05, 0.1) is 5.39 Å². The van der Waals surface area contributed by atoms with Gasteiger partial charge in [0.25, 0.3) is 5.91 Å². The number of fused-ring (bicyclic) bond motifs is 1. The van der Waals surface area contributed by atoms with Crippen molar-refractivity contribution in [2.75, 3.05) is 5.32 Å². The molecule has 0 atom stereocenters. The van der Waals surface area contributed by atoms with E-state index in [2.05, 4.69) is 10.4 Å². The smallest absolute Gasteiger partial charge is 0.257 e. The summed E-state index contributed by atoms with van der Waals surface area (Å²) in [6.45, 7) is 3.88. The van der Waals surface area contributed by atoms with E-state index in [0.29, 0.717) is 28.5 Å². The number of ether oxygens (including phenoxy) is 1. The van der Waals surface area contributed by atoms with Crippen molar-refractivity contribution in [3.05, 3.63) is 71.6 Å². The average Bonchev–Trinajstić information content (AvgIpc) is 3.21. The maximum absolute atomic E-state index is 12.7. The van der Waals surface area contributed by atoms with Crippen molar-refractivity contribution in [1.29, 1.82) is 0 Å². The number of benzene rings is 2. The minimum Gasteiger partial charge on any atom is -0.461 e. The van der Waals surface area contributed by atoms with E-state index in [-0.39, 0.29) is 5.91 Å². The highest BCUT2D eigenvalue weighted by Crippen LogP contribution is 2.34. The SMILES string of the molecule is Cc1ccc(Oc2cc(C(=O)Nc3ccn(C)n3)cc3oc(C)cc23)cc1. The van der Waals surface area contributed by atoms with Gasteiger partial charge in [-0.25, -0.2) is 0 Å². The lowest BCUT2D eigenvalue weighted by Crippen LogP contribution is -2.12. The van der Waals surface area contributed by atoms with Crippen LogP contribution in [0, 0.1) is 13.8 Å². The number of nitrogens with one attached hydrogen (secondary N) is 1. The van der Waals surface area contributed by atoms with Crippen molar-refractivity contribution >= 4 is 22.7 Å². The molecular formula is C21H19N3O3. The number of rotatable bonds is 4. The highest BCUT2D eigenvalue weighted by atomic mass is 16.5. The molecule has 27 heavy (non-hydrogen) atoms. The zero-order valence-electron chi connectivity index (χ0n) is 15.3. The van der Waals surface area contributed by atoms with E-state index >= 15 is 0 Å². The van der Waals surface area contributed by atoms with Crippen LogP contribution in [0.25, 0.3) is 11.0 Å². The number of hydrogen-bond acceptors (Lipinski definition) is 4. The Balaban J connectivity index is 1.71. The van der Waals surface area contributed by atoms with Crippen molar-refractivity contribution in [2.24, 2.45) is 7.05 Å². The molecule has 1 amide bonds. The maximum atomic E-state index is 12.7. The molecule has 0 aliphatic carbocycles. The minimum atomic E-state index is -0.279. The summed E-state index contributed by atoms with van der Waals surface area (Å²) in [5, 5.41) is 7.77. The van der Waals surface area contributed by atoms with Gasteiger partial charge >= 0.3 is 0 Å². The third-order valence-electron chi connectivity index (χ3n) is 4.19. The van der Waals surface area contributed by atoms with Gasteiger partial charge < -0.3 is 14.5 Å². The molecule has 0 aliphatic rings. The Hall–Kier alpha value is -3.54. The van der Waals surface area contributed by atoms with Gasteiger partial charge in [-0.15, -0.1) is 0 Å². The zero-order chi connectivity index (χ0) is 19.0. The summed E-state index contributed by atoms with van der Waals surface area (Å²) in [5.74, 6) is 2.22. The monoisotopic (exact) mass is 361 g/mol. The number of amides is 1. The maximum Gasteiger partial charge on any atom is 0.257 e. The molecule has 0 saturated carbocycles. The van der Waals surface area contributed by atoms with Crippen molar-refractivity contribution < 1.29 is 13.9 Å².